The minimum Gasteiger partial charge on any atom is -0.323 e. The lowest BCUT2D eigenvalue weighted by molar-refractivity contribution is 0.456. The molecule has 102 valence electrons. The minimum absolute atomic E-state index is 0.149. The summed E-state index contributed by atoms with van der Waals surface area (Å²) in [7, 11) is 0. The number of hydrogen-bond acceptors (Lipinski definition) is 6. The fourth-order valence-corrected chi connectivity index (χ4v) is 1.84. The first-order chi connectivity index (χ1) is 9.65. The summed E-state index contributed by atoms with van der Waals surface area (Å²) < 4.78 is 2.74. The molecular formula is C12H13N7O. The standard InChI is InChI=1S/C12H13N7O/c1-8(13)11-6-18(16-15-11)7-19-12(20)9-4-2-3-5-10(9)14-17-19/h2-6,8H,7,13H2,1H3. The van der Waals surface area contributed by atoms with E-state index in [-0.39, 0.29) is 18.3 Å². The van der Waals surface area contributed by atoms with E-state index < -0.39 is 0 Å². The smallest absolute Gasteiger partial charge is 0.279 e. The summed E-state index contributed by atoms with van der Waals surface area (Å²) in [6, 6.07) is 6.87. The zero-order valence-corrected chi connectivity index (χ0v) is 10.8. The van der Waals surface area contributed by atoms with Gasteiger partial charge in [0.1, 0.15) is 12.2 Å². The summed E-state index contributed by atoms with van der Waals surface area (Å²) in [6.45, 7) is 1.97. The van der Waals surface area contributed by atoms with Crippen LogP contribution in [0.15, 0.2) is 35.3 Å². The van der Waals surface area contributed by atoms with E-state index in [0.29, 0.717) is 16.6 Å². The van der Waals surface area contributed by atoms with Crippen molar-refractivity contribution in [3.63, 3.8) is 0 Å². The first-order valence-electron chi connectivity index (χ1n) is 6.13. The Morgan fingerprint density at radius 1 is 1.25 bits per heavy atom. The van der Waals surface area contributed by atoms with Crippen LogP contribution in [0.3, 0.4) is 0 Å². The number of rotatable bonds is 3. The molecule has 0 radical (unpaired) electrons. The number of fused-ring (bicyclic) bond motifs is 1. The van der Waals surface area contributed by atoms with Gasteiger partial charge in [0.2, 0.25) is 0 Å². The minimum atomic E-state index is -0.214. The van der Waals surface area contributed by atoms with Gasteiger partial charge in [-0.3, -0.25) is 4.79 Å². The highest BCUT2D eigenvalue weighted by Crippen LogP contribution is 2.05. The van der Waals surface area contributed by atoms with Crippen molar-refractivity contribution in [3.8, 4) is 0 Å². The van der Waals surface area contributed by atoms with Crippen molar-refractivity contribution in [1.29, 1.82) is 0 Å². The lowest BCUT2D eigenvalue weighted by Gasteiger charge is -2.04. The Morgan fingerprint density at radius 3 is 2.80 bits per heavy atom. The van der Waals surface area contributed by atoms with Crippen LogP contribution in [0.4, 0.5) is 0 Å². The predicted molar refractivity (Wildman–Crippen MR) is 71.8 cm³/mol. The quantitative estimate of drug-likeness (QED) is 0.713. The van der Waals surface area contributed by atoms with Crippen LogP contribution in [0.25, 0.3) is 10.9 Å². The number of benzene rings is 1. The molecule has 1 unspecified atom stereocenters. The van der Waals surface area contributed by atoms with Crippen molar-refractivity contribution in [1.82, 2.24) is 30.0 Å². The second-order valence-corrected chi connectivity index (χ2v) is 4.52. The van der Waals surface area contributed by atoms with Gasteiger partial charge in [0, 0.05) is 6.04 Å². The van der Waals surface area contributed by atoms with Crippen LogP contribution in [-0.4, -0.2) is 30.0 Å². The second kappa shape index (κ2) is 4.82. The van der Waals surface area contributed by atoms with E-state index in [2.05, 4.69) is 20.6 Å². The third-order valence-corrected chi connectivity index (χ3v) is 2.93. The molecule has 3 aromatic rings. The van der Waals surface area contributed by atoms with Crippen LogP contribution in [0.2, 0.25) is 0 Å². The van der Waals surface area contributed by atoms with Crippen molar-refractivity contribution in [3.05, 3.63) is 46.5 Å². The van der Waals surface area contributed by atoms with E-state index >= 15 is 0 Å². The number of hydrogen-bond donors (Lipinski definition) is 1. The molecule has 1 atom stereocenters. The van der Waals surface area contributed by atoms with E-state index in [1.165, 1.54) is 9.36 Å². The van der Waals surface area contributed by atoms with Crippen molar-refractivity contribution in [2.24, 2.45) is 5.73 Å². The normalized spacial score (nSPS) is 12.7. The van der Waals surface area contributed by atoms with Gasteiger partial charge in [0.25, 0.3) is 5.56 Å². The van der Waals surface area contributed by atoms with Crippen molar-refractivity contribution >= 4 is 10.9 Å². The molecule has 8 nitrogen and oxygen atoms in total. The monoisotopic (exact) mass is 271 g/mol. The average molecular weight is 271 g/mol. The van der Waals surface area contributed by atoms with Gasteiger partial charge in [-0.15, -0.1) is 10.2 Å². The summed E-state index contributed by atoms with van der Waals surface area (Å²) in [5, 5.41) is 16.3. The van der Waals surface area contributed by atoms with E-state index in [1.807, 2.05) is 13.0 Å². The molecular weight excluding hydrogens is 258 g/mol. The van der Waals surface area contributed by atoms with Gasteiger partial charge < -0.3 is 5.73 Å². The highest BCUT2D eigenvalue weighted by atomic mass is 16.1. The number of nitrogens with two attached hydrogens (primary N) is 1. The molecule has 1 aromatic carbocycles. The zero-order valence-electron chi connectivity index (χ0n) is 10.8. The van der Waals surface area contributed by atoms with E-state index in [0.717, 1.165) is 0 Å². The fraction of sp³-hybridized carbons (Fsp3) is 0.250. The van der Waals surface area contributed by atoms with Crippen LogP contribution in [0.5, 0.6) is 0 Å². The fourth-order valence-electron chi connectivity index (χ4n) is 1.84. The van der Waals surface area contributed by atoms with Crippen LogP contribution in [0.1, 0.15) is 18.7 Å². The van der Waals surface area contributed by atoms with Gasteiger partial charge in [-0.25, -0.2) is 4.68 Å². The second-order valence-electron chi connectivity index (χ2n) is 4.52. The zero-order chi connectivity index (χ0) is 14.1. The molecule has 0 bridgehead atoms. The highest BCUT2D eigenvalue weighted by molar-refractivity contribution is 5.76. The first kappa shape index (κ1) is 12.4. The SMILES string of the molecule is CC(N)c1cn(Cn2nnc3ccccc3c2=O)nn1. The third kappa shape index (κ3) is 2.16. The molecule has 20 heavy (non-hydrogen) atoms. The van der Waals surface area contributed by atoms with Crippen LogP contribution in [0, 0.1) is 0 Å². The Hall–Kier alpha value is -2.61. The summed E-state index contributed by atoms with van der Waals surface area (Å²) in [4.78, 5) is 12.2. The van der Waals surface area contributed by atoms with E-state index in [1.54, 1.807) is 24.4 Å². The Balaban J connectivity index is 1.98. The molecule has 8 heteroatoms. The third-order valence-electron chi connectivity index (χ3n) is 2.93. The molecule has 0 aliphatic carbocycles. The van der Waals surface area contributed by atoms with Gasteiger partial charge in [0.15, 0.2) is 0 Å². The molecule has 0 saturated carbocycles. The van der Waals surface area contributed by atoms with Crippen molar-refractivity contribution in [2.75, 3.05) is 0 Å². The molecule has 2 N–H and O–H groups in total. The largest absolute Gasteiger partial charge is 0.323 e. The molecule has 0 fully saturated rings. The lowest BCUT2D eigenvalue weighted by Crippen LogP contribution is -2.27. The summed E-state index contributed by atoms with van der Waals surface area (Å²) in [5.41, 5.74) is 6.73. The molecule has 2 heterocycles. The van der Waals surface area contributed by atoms with Crippen LogP contribution < -0.4 is 11.3 Å². The molecule has 2 aromatic heterocycles. The highest BCUT2D eigenvalue weighted by Gasteiger charge is 2.08. The lowest BCUT2D eigenvalue weighted by atomic mass is 10.2. The number of aromatic nitrogens is 6. The van der Waals surface area contributed by atoms with Gasteiger partial charge in [0.05, 0.1) is 17.3 Å². The molecule has 0 amide bonds. The Kier molecular flexibility index (Phi) is 2.99. The maximum absolute atomic E-state index is 12.2. The molecule has 0 spiro atoms. The Bertz CT molecular complexity index is 805. The van der Waals surface area contributed by atoms with Gasteiger partial charge in [-0.05, 0) is 19.1 Å². The summed E-state index contributed by atoms with van der Waals surface area (Å²) >= 11 is 0. The molecule has 0 aliphatic rings. The van der Waals surface area contributed by atoms with Gasteiger partial charge >= 0.3 is 0 Å². The number of nitrogens with zero attached hydrogens (tertiary/aromatic N) is 6. The average Bonchev–Trinajstić information content (AvgIpc) is 2.91. The predicted octanol–water partition coefficient (Wildman–Crippen LogP) is -0.0915. The maximum Gasteiger partial charge on any atom is 0.279 e. The van der Waals surface area contributed by atoms with Crippen molar-refractivity contribution in [2.45, 2.75) is 19.6 Å². The van der Waals surface area contributed by atoms with Gasteiger partial charge in [-0.2, -0.15) is 4.68 Å². The van der Waals surface area contributed by atoms with Crippen molar-refractivity contribution < 1.29 is 0 Å². The Morgan fingerprint density at radius 2 is 2.05 bits per heavy atom. The Labute approximate surface area is 113 Å². The van der Waals surface area contributed by atoms with Crippen LogP contribution >= 0.6 is 0 Å². The summed E-state index contributed by atoms with van der Waals surface area (Å²) in [5.74, 6) is 0. The molecule has 0 saturated heterocycles. The maximum atomic E-state index is 12.2. The summed E-state index contributed by atoms with van der Waals surface area (Å²) in [6.07, 6.45) is 1.69. The van der Waals surface area contributed by atoms with E-state index in [4.69, 9.17) is 5.73 Å². The molecule has 0 aliphatic heterocycles. The first-order valence-corrected chi connectivity index (χ1v) is 6.13. The van der Waals surface area contributed by atoms with Crippen LogP contribution in [-0.2, 0) is 6.67 Å². The molecule has 3 rings (SSSR count). The van der Waals surface area contributed by atoms with E-state index in [9.17, 15) is 4.79 Å². The topological polar surface area (TPSA) is 105 Å². The van der Waals surface area contributed by atoms with Gasteiger partial charge in [-0.1, -0.05) is 22.6 Å².